The molecule has 0 N–H and O–H groups in total. The van der Waals surface area contributed by atoms with Crippen LogP contribution in [0.15, 0.2) is 0 Å². The molecule has 0 aromatic rings. The normalized spacial score (nSPS) is 35.5. The first-order valence-corrected chi connectivity index (χ1v) is 6.88. The van der Waals surface area contributed by atoms with Crippen molar-refractivity contribution in [2.45, 2.75) is 37.4 Å². The van der Waals surface area contributed by atoms with Gasteiger partial charge in [0.2, 0.25) is 5.91 Å². The molecule has 4 atom stereocenters. The molecule has 0 spiro atoms. The van der Waals surface area contributed by atoms with E-state index >= 15 is 0 Å². The van der Waals surface area contributed by atoms with Crippen molar-refractivity contribution in [3.05, 3.63) is 0 Å². The molecule has 0 heterocycles. The number of amides is 1. The van der Waals surface area contributed by atoms with Gasteiger partial charge in [-0.3, -0.25) is 4.79 Å². The summed E-state index contributed by atoms with van der Waals surface area (Å²) < 4.78 is 0. The second kappa shape index (κ2) is 4.44. The second-order valence-corrected chi connectivity index (χ2v) is 6.84. The van der Waals surface area contributed by atoms with Crippen LogP contribution in [0, 0.1) is 17.8 Å². The number of halogens is 1. The highest BCUT2D eigenvalue weighted by Gasteiger charge is 2.43. The van der Waals surface area contributed by atoms with Crippen molar-refractivity contribution in [1.29, 1.82) is 0 Å². The molecule has 15 heavy (non-hydrogen) atoms. The Hall–Kier alpha value is -0.0500. The predicted octanol–water partition coefficient (Wildman–Crippen LogP) is 2.66. The second-order valence-electron chi connectivity index (χ2n) is 5.28. The highest BCUT2D eigenvalue weighted by molar-refractivity contribution is 9.09. The fourth-order valence-electron chi connectivity index (χ4n) is 3.30. The molecule has 0 saturated heterocycles. The summed E-state index contributed by atoms with van der Waals surface area (Å²) in [4.78, 5) is 14.5. The maximum Gasteiger partial charge on any atom is 0.225 e. The molecular weight excluding hydrogens is 254 g/mol. The van der Waals surface area contributed by atoms with Crippen LogP contribution in [0.4, 0.5) is 0 Å². The molecule has 0 aromatic heterocycles. The molecule has 0 aliphatic heterocycles. The number of carbonyl (C=O) groups is 1. The lowest BCUT2D eigenvalue weighted by molar-refractivity contribution is -0.135. The lowest BCUT2D eigenvalue weighted by Crippen LogP contribution is -2.38. The van der Waals surface area contributed by atoms with E-state index in [-0.39, 0.29) is 0 Å². The molecule has 86 valence electrons. The molecule has 0 aromatic carbocycles. The van der Waals surface area contributed by atoms with E-state index in [1.807, 2.05) is 11.9 Å². The number of hydrogen-bond donors (Lipinski definition) is 0. The molecule has 2 bridgehead atoms. The number of rotatable bonds is 3. The van der Waals surface area contributed by atoms with Crippen LogP contribution in [0.1, 0.15) is 32.6 Å². The highest BCUT2D eigenvalue weighted by Crippen LogP contribution is 2.48. The van der Waals surface area contributed by atoms with Crippen LogP contribution in [0.25, 0.3) is 0 Å². The van der Waals surface area contributed by atoms with E-state index in [4.69, 9.17) is 0 Å². The number of hydrogen-bond acceptors (Lipinski definition) is 1. The summed E-state index contributed by atoms with van der Waals surface area (Å²) in [6.07, 6.45) is 5.13. The number of alkyl halides is 1. The Morgan fingerprint density at radius 3 is 2.67 bits per heavy atom. The lowest BCUT2D eigenvalue weighted by Gasteiger charge is -2.27. The van der Waals surface area contributed by atoms with E-state index in [1.54, 1.807) is 0 Å². The Morgan fingerprint density at radius 1 is 1.47 bits per heavy atom. The van der Waals surface area contributed by atoms with Gasteiger partial charge in [-0.1, -0.05) is 29.3 Å². The summed E-state index contributed by atoms with van der Waals surface area (Å²) in [6.45, 7) is 2.91. The van der Waals surface area contributed by atoms with Gasteiger partial charge in [0, 0.05) is 24.3 Å². The van der Waals surface area contributed by atoms with E-state index in [1.165, 1.54) is 19.3 Å². The van der Waals surface area contributed by atoms with Gasteiger partial charge < -0.3 is 4.90 Å². The average molecular weight is 274 g/mol. The van der Waals surface area contributed by atoms with Crippen molar-refractivity contribution in [1.82, 2.24) is 4.90 Å². The molecule has 2 aliphatic rings. The van der Waals surface area contributed by atoms with Gasteiger partial charge in [0.1, 0.15) is 0 Å². The maximum absolute atomic E-state index is 12.2. The molecule has 2 saturated carbocycles. The monoisotopic (exact) mass is 273 g/mol. The topological polar surface area (TPSA) is 20.3 Å². The van der Waals surface area contributed by atoms with E-state index < -0.39 is 0 Å². The molecule has 2 rings (SSSR count). The zero-order valence-electron chi connectivity index (χ0n) is 9.58. The summed E-state index contributed by atoms with van der Waals surface area (Å²) in [6, 6.07) is 0. The van der Waals surface area contributed by atoms with Crippen LogP contribution < -0.4 is 0 Å². The van der Waals surface area contributed by atoms with Crippen LogP contribution in [0.2, 0.25) is 0 Å². The number of nitrogens with zero attached hydrogens (tertiary/aromatic N) is 1. The number of fused-ring (bicyclic) bond motifs is 2. The van der Waals surface area contributed by atoms with E-state index in [9.17, 15) is 4.79 Å². The van der Waals surface area contributed by atoms with Gasteiger partial charge in [0.25, 0.3) is 0 Å². The smallest absolute Gasteiger partial charge is 0.225 e. The third-order valence-electron chi connectivity index (χ3n) is 3.96. The average Bonchev–Trinajstić information content (AvgIpc) is 2.76. The third kappa shape index (κ3) is 2.38. The summed E-state index contributed by atoms with van der Waals surface area (Å²) in [7, 11) is 1.94. The predicted molar refractivity (Wildman–Crippen MR) is 65.0 cm³/mol. The Bertz CT molecular complexity index is 254. The zero-order valence-corrected chi connectivity index (χ0v) is 11.2. The summed E-state index contributed by atoms with van der Waals surface area (Å²) in [5.74, 6) is 2.29. The first kappa shape index (κ1) is 11.4. The molecule has 2 fully saturated rings. The minimum absolute atomic E-state index is 0.347. The van der Waals surface area contributed by atoms with Crippen LogP contribution in [-0.4, -0.2) is 29.2 Å². The van der Waals surface area contributed by atoms with E-state index in [2.05, 4.69) is 22.9 Å². The minimum Gasteiger partial charge on any atom is -0.344 e. The highest BCUT2D eigenvalue weighted by atomic mass is 79.9. The van der Waals surface area contributed by atoms with Gasteiger partial charge in [-0.25, -0.2) is 0 Å². The van der Waals surface area contributed by atoms with Gasteiger partial charge in [-0.15, -0.1) is 0 Å². The zero-order chi connectivity index (χ0) is 11.0. The van der Waals surface area contributed by atoms with Crippen molar-refractivity contribution in [3.63, 3.8) is 0 Å². The molecule has 1 amide bonds. The number of carbonyl (C=O) groups excluding carboxylic acids is 1. The summed E-state index contributed by atoms with van der Waals surface area (Å²) in [5, 5.41) is 0. The Labute approximate surface area is 101 Å². The quantitative estimate of drug-likeness (QED) is 0.724. The molecular formula is C12H20BrNO. The van der Waals surface area contributed by atoms with Crippen molar-refractivity contribution in [3.8, 4) is 0 Å². The van der Waals surface area contributed by atoms with E-state index in [0.717, 1.165) is 18.9 Å². The third-order valence-corrected chi connectivity index (χ3v) is 4.25. The first-order chi connectivity index (χ1) is 7.08. The Kier molecular flexibility index (Phi) is 3.39. The Morgan fingerprint density at radius 2 is 2.20 bits per heavy atom. The van der Waals surface area contributed by atoms with Crippen LogP contribution >= 0.6 is 15.9 Å². The van der Waals surface area contributed by atoms with Gasteiger partial charge in [0.05, 0.1) is 0 Å². The lowest BCUT2D eigenvalue weighted by atomic mass is 9.88. The molecule has 4 unspecified atom stereocenters. The van der Waals surface area contributed by atoms with Crippen molar-refractivity contribution in [2.24, 2.45) is 17.8 Å². The standard InChI is InChI=1S/C12H20BrNO/c1-8(13)7-14(2)12(15)11-6-9-3-4-10(11)5-9/h8-11H,3-7H2,1-2H3. The van der Waals surface area contributed by atoms with Gasteiger partial charge in [-0.05, 0) is 31.1 Å². The minimum atomic E-state index is 0.347. The summed E-state index contributed by atoms with van der Waals surface area (Å²) >= 11 is 3.50. The molecule has 0 radical (unpaired) electrons. The van der Waals surface area contributed by atoms with Crippen LogP contribution in [0.3, 0.4) is 0 Å². The molecule has 2 aliphatic carbocycles. The van der Waals surface area contributed by atoms with Crippen LogP contribution in [0.5, 0.6) is 0 Å². The van der Waals surface area contributed by atoms with Crippen molar-refractivity contribution in [2.75, 3.05) is 13.6 Å². The summed E-state index contributed by atoms with van der Waals surface area (Å²) in [5.41, 5.74) is 0. The maximum atomic E-state index is 12.2. The largest absolute Gasteiger partial charge is 0.344 e. The first-order valence-electron chi connectivity index (χ1n) is 5.97. The fraction of sp³-hybridized carbons (Fsp3) is 0.917. The van der Waals surface area contributed by atoms with Crippen molar-refractivity contribution < 1.29 is 4.79 Å². The van der Waals surface area contributed by atoms with E-state index in [0.29, 0.717) is 22.6 Å². The van der Waals surface area contributed by atoms with Crippen molar-refractivity contribution >= 4 is 21.8 Å². The SMILES string of the molecule is CC(Br)CN(C)C(=O)C1CC2CCC1C2. The van der Waals surface area contributed by atoms with Gasteiger partial charge in [-0.2, -0.15) is 0 Å². The Balaban J connectivity index is 1.91. The van der Waals surface area contributed by atoms with Gasteiger partial charge >= 0.3 is 0 Å². The van der Waals surface area contributed by atoms with Gasteiger partial charge in [0.15, 0.2) is 0 Å². The fourth-order valence-corrected chi connectivity index (χ4v) is 3.73. The van der Waals surface area contributed by atoms with Crippen LogP contribution in [-0.2, 0) is 4.79 Å². The molecule has 2 nitrogen and oxygen atoms in total. The molecule has 3 heteroatoms.